The zero-order chi connectivity index (χ0) is 12.0. The van der Waals surface area contributed by atoms with Gasteiger partial charge in [0, 0.05) is 11.1 Å². The van der Waals surface area contributed by atoms with Crippen molar-refractivity contribution in [3.05, 3.63) is 40.6 Å². The van der Waals surface area contributed by atoms with Gasteiger partial charge in [0.2, 0.25) is 0 Å². The van der Waals surface area contributed by atoms with Gasteiger partial charge in [-0.2, -0.15) is 0 Å². The maximum absolute atomic E-state index is 4.92. The lowest BCUT2D eigenvalue weighted by molar-refractivity contribution is 0.574. The summed E-state index contributed by atoms with van der Waals surface area (Å²) < 4.78 is 0. The third kappa shape index (κ3) is 1.65. The first-order chi connectivity index (χ1) is 8.16. The van der Waals surface area contributed by atoms with E-state index in [2.05, 4.69) is 39.0 Å². The first-order valence-electron chi connectivity index (χ1n) is 6.56. The van der Waals surface area contributed by atoms with Crippen molar-refractivity contribution in [3.8, 4) is 0 Å². The van der Waals surface area contributed by atoms with E-state index in [9.17, 15) is 0 Å². The van der Waals surface area contributed by atoms with E-state index in [1.165, 1.54) is 52.5 Å². The number of hydrogen-bond acceptors (Lipinski definition) is 1. The highest BCUT2D eigenvalue weighted by atomic mass is 14.7. The van der Waals surface area contributed by atoms with Gasteiger partial charge < -0.3 is 0 Å². The van der Waals surface area contributed by atoms with Crippen molar-refractivity contribution in [1.29, 1.82) is 0 Å². The van der Waals surface area contributed by atoms with E-state index in [4.69, 9.17) is 4.98 Å². The SMILES string of the molecule is Cc1ccc2c(C)c3c(nc2c1)C(C)CCC3. The Morgan fingerprint density at radius 1 is 1.24 bits per heavy atom. The molecule has 0 amide bonds. The first kappa shape index (κ1) is 10.8. The third-order valence-corrected chi connectivity index (χ3v) is 4.09. The van der Waals surface area contributed by atoms with Crippen molar-refractivity contribution in [2.75, 3.05) is 0 Å². The fraction of sp³-hybridized carbons (Fsp3) is 0.438. The Bertz CT molecular complexity index is 584. The molecule has 0 fully saturated rings. The first-order valence-corrected chi connectivity index (χ1v) is 6.56. The van der Waals surface area contributed by atoms with Gasteiger partial charge in [-0.05, 0) is 61.8 Å². The smallest absolute Gasteiger partial charge is 0.0710 e. The quantitative estimate of drug-likeness (QED) is 0.651. The van der Waals surface area contributed by atoms with Gasteiger partial charge >= 0.3 is 0 Å². The Hall–Kier alpha value is -1.37. The van der Waals surface area contributed by atoms with Crippen LogP contribution in [0.25, 0.3) is 10.9 Å². The molecule has 88 valence electrons. The second kappa shape index (κ2) is 3.83. The lowest BCUT2D eigenvalue weighted by atomic mass is 9.84. The van der Waals surface area contributed by atoms with Gasteiger partial charge in [-0.15, -0.1) is 0 Å². The van der Waals surface area contributed by atoms with Gasteiger partial charge in [0.25, 0.3) is 0 Å². The number of benzene rings is 1. The maximum atomic E-state index is 4.92. The molecular weight excluding hydrogens is 206 g/mol. The average molecular weight is 225 g/mol. The number of fused-ring (bicyclic) bond motifs is 2. The molecule has 0 spiro atoms. The van der Waals surface area contributed by atoms with Crippen LogP contribution in [0, 0.1) is 13.8 Å². The molecule has 0 saturated carbocycles. The summed E-state index contributed by atoms with van der Waals surface area (Å²) in [5, 5.41) is 1.34. The van der Waals surface area contributed by atoms with Crippen LogP contribution in [0.1, 0.15) is 48.1 Å². The molecule has 1 aliphatic rings. The Morgan fingerprint density at radius 2 is 2.06 bits per heavy atom. The molecule has 1 aromatic heterocycles. The molecule has 1 heterocycles. The van der Waals surface area contributed by atoms with E-state index in [0.717, 1.165) is 0 Å². The molecule has 1 nitrogen and oxygen atoms in total. The molecule has 0 aliphatic heterocycles. The van der Waals surface area contributed by atoms with Crippen molar-refractivity contribution in [1.82, 2.24) is 4.98 Å². The van der Waals surface area contributed by atoms with E-state index in [1.54, 1.807) is 0 Å². The van der Waals surface area contributed by atoms with Gasteiger partial charge in [-0.1, -0.05) is 19.1 Å². The molecule has 1 aromatic carbocycles. The van der Waals surface area contributed by atoms with Crippen LogP contribution in [-0.4, -0.2) is 4.98 Å². The van der Waals surface area contributed by atoms with E-state index >= 15 is 0 Å². The van der Waals surface area contributed by atoms with Crippen LogP contribution in [0.15, 0.2) is 18.2 Å². The van der Waals surface area contributed by atoms with Crippen LogP contribution < -0.4 is 0 Å². The minimum Gasteiger partial charge on any atom is -0.252 e. The van der Waals surface area contributed by atoms with E-state index in [-0.39, 0.29) is 0 Å². The Morgan fingerprint density at radius 3 is 2.88 bits per heavy atom. The molecule has 1 unspecified atom stereocenters. The van der Waals surface area contributed by atoms with Crippen LogP contribution in [0.3, 0.4) is 0 Å². The molecule has 0 N–H and O–H groups in total. The summed E-state index contributed by atoms with van der Waals surface area (Å²) in [6, 6.07) is 6.63. The van der Waals surface area contributed by atoms with Gasteiger partial charge in [0.05, 0.1) is 5.52 Å². The van der Waals surface area contributed by atoms with Gasteiger partial charge in [-0.25, -0.2) is 0 Å². The van der Waals surface area contributed by atoms with Crippen molar-refractivity contribution >= 4 is 10.9 Å². The fourth-order valence-electron chi connectivity index (χ4n) is 3.05. The molecule has 2 aromatic rings. The minimum absolute atomic E-state index is 0.627. The number of aromatic nitrogens is 1. The normalized spacial score (nSPS) is 19.4. The molecule has 1 heteroatoms. The average Bonchev–Trinajstić information content (AvgIpc) is 2.30. The molecule has 0 radical (unpaired) electrons. The number of hydrogen-bond donors (Lipinski definition) is 0. The summed E-state index contributed by atoms with van der Waals surface area (Å²) in [4.78, 5) is 4.92. The molecule has 17 heavy (non-hydrogen) atoms. The second-order valence-corrected chi connectivity index (χ2v) is 5.41. The van der Waals surface area contributed by atoms with Crippen LogP contribution in [-0.2, 0) is 6.42 Å². The topological polar surface area (TPSA) is 12.9 Å². The molecular formula is C16H19N. The maximum Gasteiger partial charge on any atom is 0.0710 e. The monoisotopic (exact) mass is 225 g/mol. The Labute approximate surface area is 103 Å². The van der Waals surface area contributed by atoms with E-state index in [1.807, 2.05) is 0 Å². The van der Waals surface area contributed by atoms with Crippen LogP contribution >= 0.6 is 0 Å². The largest absolute Gasteiger partial charge is 0.252 e. The highest BCUT2D eigenvalue weighted by Gasteiger charge is 2.20. The van der Waals surface area contributed by atoms with Crippen LogP contribution in [0.5, 0.6) is 0 Å². The molecule has 1 aliphatic carbocycles. The number of nitrogens with zero attached hydrogens (tertiary/aromatic N) is 1. The molecule has 3 rings (SSSR count). The molecule has 0 bridgehead atoms. The van der Waals surface area contributed by atoms with Crippen LogP contribution in [0.4, 0.5) is 0 Å². The highest BCUT2D eigenvalue weighted by molar-refractivity contribution is 5.84. The van der Waals surface area contributed by atoms with E-state index < -0.39 is 0 Å². The fourth-order valence-corrected chi connectivity index (χ4v) is 3.05. The summed E-state index contributed by atoms with van der Waals surface area (Å²) in [5.74, 6) is 0.627. The van der Waals surface area contributed by atoms with Crippen molar-refractivity contribution < 1.29 is 0 Å². The highest BCUT2D eigenvalue weighted by Crippen LogP contribution is 2.34. The van der Waals surface area contributed by atoms with Crippen molar-refractivity contribution in [3.63, 3.8) is 0 Å². The van der Waals surface area contributed by atoms with Gasteiger partial charge in [-0.3, -0.25) is 4.98 Å². The van der Waals surface area contributed by atoms with Crippen molar-refractivity contribution in [2.45, 2.75) is 46.0 Å². The standard InChI is InChI=1S/C16H19N/c1-10-7-8-13-12(3)14-6-4-5-11(2)16(14)17-15(13)9-10/h7-9,11H,4-6H2,1-3H3. The summed E-state index contributed by atoms with van der Waals surface area (Å²) >= 11 is 0. The number of aryl methyl sites for hydroxylation is 2. The predicted molar refractivity (Wildman–Crippen MR) is 72.6 cm³/mol. The molecule has 1 atom stereocenters. The zero-order valence-corrected chi connectivity index (χ0v) is 10.9. The van der Waals surface area contributed by atoms with Crippen LogP contribution in [0.2, 0.25) is 0 Å². The zero-order valence-electron chi connectivity index (χ0n) is 10.9. The van der Waals surface area contributed by atoms with Gasteiger partial charge in [0.1, 0.15) is 0 Å². The number of pyridine rings is 1. The number of rotatable bonds is 0. The summed E-state index contributed by atoms with van der Waals surface area (Å²) in [7, 11) is 0. The summed E-state index contributed by atoms with van der Waals surface area (Å²) in [5.41, 5.74) is 6.80. The lowest BCUT2D eigenvalue weighted by Gasteiger charge is -2.24. The lowest BCUT2D eigenvalue weighted by Crippen LogP contribution is -2.11. The Balaban J connectivity index is 2.35. The van der Waals surface area contributed by atoms with Crippen molar-refractivity contribution in [2.24, 2.45) is 0 Å². The van der Waals surface area contributed by atoms with E-state index in [0.29, 0.717) is 5.92 Å². The van der Waals surface area contributed by atoms with Gasteiger partial charge in [0.15, 0.2) is 0 Å². The minimum atomic E-state index is 0.627. The third-order valence-electron chi connectivity index (χ3n) is 4.09. The summed E-state index contributed by atoms with van der Waals surface area (Å²) in [6.45, 7) is 6.71. The predicted octanol–water partition coefficient (Wildman–Crippen LogP) is 4.29. The summed E-state index contributed by atoms with van der Waals surface area (Å²) in [6.07, 6.45) is 3.81. The second-order valence-electron chi connectivity index (χ2n) is 5.41. The molecule has 0 saturated heterocycles. The Kier molecular flexibility index (Phi) is 2.43.